The third kappa shape index (κ3) is 3.44. The third-order valence-corrected chi connectivity index (χ3v) is 4.31. The maximum Gasteiger partial charge on any atom is 0.418 e. The Bertz CT molecular complexity index is 1150. The summed E-state index contributed by atoms with van der Waals surface area (Å²) in [6.07, 6.45) is -4.53. The summed E-state index contributed by atoms with van der Waals surface area (Å²) in [5, 5.41) is 11.7. The molecule has 4 aromatic rings. The Morgan fingerprint density at radius 2 is 1.76 bits per heavy atom. The first-order valence-corrected chi connectivity index (χ1v) is 8.46. The van der Waals surface area contributed by atoms with E-state index in [1.165, 1.54) is 18.2 Å². The topological polar surface area (TPSA) is 78.9 Å². The predicted octanol–water partition coefficient (Wildman–Crippen LogP) is 4.32. The number of halogens is 3. The van der Waals surface area contributed by atoms with Crippen LogP contribution in [0.15, 0.2) is 53.1 Å². The average molecular weight is 401 g/mol. The molecule has 7 nitrogen and oxygen atoms in total. The van der Waals surface area contributed by atoms with Gasteiger partial charge in [-0.2, -0.15) is 18.2 Å². The maximum atomic E-state index is 13.3. The molecule has 0 aliphatic carbocycles. The van der Waals surface area contributed by atoms with Crippen molar-refractivity contribution in [2.75, 3.05) is 7.11 Å². The summed E-state index contributed by atoms with van der Waals surface area (Å²) in [7, 11) is 1.56. The Morgan fingerprint density at radius 1 is 1.03 bits per heavy atom. The summed E-state index contributed by atoms with van der Waals surface area (Å²) in [5.41, 5.74) is 0.282. The van der Waals surface area contributed by atoms with Gasteiger partial charge in [-0.1, -0.05) is 22.5 Å². The second kappa shape index (κ2) is 7.04. The minimum Gasteiger partial charge on any atom is -0.497 e. The predicted molar refractivity (Wildman–Crippen MR) is 96.4 cm³/mol. The van der Waals surface area contributed by atoms with Gasteiger partial charge in [0.1, 0.15) is 5.75 Å². The molecule has 0 spiro atoms. The second-order valence-corrected chi connectivity index (χ2v) is 6.10. The van der Waals surface area contributed by atoms with Crippen LogP contribution in [-0.4, -0.2) is 32.2 Å². The van der Waals surface area contributed by atoms with Crippen molar-refractivity contribution in [1.82, 2.24) is 25.1 Å². The summed E-state index contributed by atoms with van der Waals surface area (Å²) in [4.78, 5) is 4.29. The van der Waals surface area contributed by atoms with Crippen LogP contribution in [0.2, 0.25) is 0 Å². The van der Waals surface area contributed by atoms with Gasteiger partial charge < -0.3 is 9.26 Å². The van der Waals surface area contributed by atoms with Gasteiger partial charge in [0.05, 0.1) is 24.1 Å². The van der Waals surface area contributed by atoms with Crippen molar-refractivity contribution in [3.05, 3.63) is 59.8 Å². The molecule has 0 amide bonds. The largest absolute Gasteiger partial charge is 0.497 e. The van der Waals surface area contributed by atoms with Crippen molar-refractivity contribution in [3.8, 4) is 34.4 Å². The van der Waals surface area contributed by atoms with E-state index in [0.717, 1.165) is 10.7 Å². The number of alkyl halides is 3. The van der Waals surface area contributed by atoms with E-state index in [9.17, 15) is 13.2 Å². The van der Waals surface area contributed by atoms with Gasteiger partial charge in [-0.25, -0.2) is 4.68 Å². The molecule has 0 saturated carbocycles. The van der Waals surface area contributed by atoms with Gasteiger partial charge in [0.15, 0.2) is 5.69 Å². The Balaban J connectivity index is 1.71. The molecule has 4 rings (SSSR count). The van der Waals surface area contributed by atoms with Gasteiger partial charge >= 0.3 is 6.18 Å². The first-order chi connectivity index (χ1) is 13.9. The molecule has 0 fully saturated rings. The van der Waals surface area contributed by atoms with Crippen molar-refractivity contribution in [3.63, 3.8) is 0 Å². The van der Waals surface area contributed by atoms with E-state index < -0.39 is 11.7 Å². The van der Waals surface area contributed by atoms with Crippen LogP contribution in [0.3, 0.4) is 0 Å². The molecule has 0 aliphatic rings. The van der Waals surface area contributed by atoms with E-state index in [4.69, 9.17) is 9.26 Å². The van der Waals surface area contributed by atoms with Crippen molar-refractivity contribution in [1.29, 1.82) is 0 Å². The molecule has 29 heavy (non-hydrogen) atoms. The van der Waals surface area contributed by atoms with Gasteiger partial charge in [0.2, 0.25) is 5.82 Å². The van der Waals surface area contributed by atoms with Crippen molar-refractivity contribution < 1.29 is 22.4 Å². The molecule has 2 heterocycles. The molecular weight excluding hydrogens is 387 g/mol. The standard InChI is InChI=1S/C19H14F3N5O2/c1-11-16(18-23-17(25-29-18)12-7-9-13(28-2)10-8-12)24-26-27(11)15-6-4-3-5-14(15)19(20,21)22/h3-10H,1-2H3. The van der Waals surface area contributed by atoms with Crippen LogP contribution in [0.4, 0.5) is 13.2 Å². The lowest BCUT2D eigenvalue weighted by Crippen LogP contribution is -2.12. The third-order valence-electron chi connectivity index (χ3n) is 4.31. The minimum absolute atomic E-state index is 0.0593. The minimum atomic E-state index is -4.53. The van der Waals surface area contributed by atoms with Gasteiger partial charge in [-0.15, -0.1) is 5.10 Å². The number of para-hydroxylation sites is 1. The van der Waals surface area contributed by atoms with Gasteiger partial charge in [0, 0.05) is 5.56 Å². The van der Waals surface area contributed by atoms with Crippen molar-refractivity contribution >= 4 is 0 Å². The lowest BCUT2D eigenvalue weighted by molar-refractivity contribution is -0.137. The fourth-order valence-corrected chi connectivity index (χ4v) is 2.83. The Labute approximate surface area is 162 Å². The molecule has 0 unspecified atom stereocenters. The first kappa shape index (κ1) is 18.7. The molecule has 0 bridgehead atoms. The quantitative estimate of drug-likeness (QED) is 0.507. The molecule has 2 aromatic carbocycles. The lowest BCUT2D eigenvalue weighted by atomic mass is 10.1. The molecule has 148 valence electrons. The van der Waals surface area contributed by atoms with Gasteiger partial charge in [-0.3, -0.25) is 0 Å². The number of ether oxygens (including phenoxy) is 1. The highest BCUT2D eigenvalue weighted by Gasteiger charge is 2.34. The number of hydrogen-bond acceptors (Lipinski definition) is 6. The Hall–Kier alpha value is -3.69. The van der Waals surface area contributed by atoms with Crippen LogP contribution in [0, 0.1) is 6.92 Å². The Morgan fingerprint density at radius 3 is 2.45 bits per heavy atom. The van der Waals surface area contributed by atoms with Crippen LogP contribution in [0.5, 0.6) is 5.75 Å². The van der Waals surface area contributed by atoms with Crippen LogP contribution >= 0.6 is 0 Å². The van der Waals surface area contributed by atoms with Gasteiger partial charge in [-0.05, 0) is 43.3 Å². The maximum absolute atomic E-state index is 13.3. The number of nitrogens with zero attached hydrogens (tertiary/aromatic N) is 5. The first-order valence-electron chi connectivity index (χ1n) is 8.46. The molecular formula is C19H14F3N5O2. The molecule has 0 N–H and O–H groups in total. The van der Waals surface area contributed by atoms with Crippen LogP contribution in [0.25, 0.3) is 28.7 Å². The number of hydrogen-bond donors (Lipinski definition) is 0. The Kier molecular flexibility index (Phi) is 4.53. The van der Waals surface area contributed by atoms with Crippen LogP contribution in [0.1, 0.15) is 11.3 Å². The highest BCUT2D eigenvalue weighted by atomic mass is 19.4. The van der Waals surface area contributed by atoms with Crippen LogP contribution in [-0.2, 0) is 6.18 Å². The summed E-state index contributed by atoms with van der Waals surface area (Å²) in [6, 6.07) is 12.2. The molecule has 0 saturated heterocycles. The van der Waals surface area contributed by atoms with E-state index in [0.29, 0.717) is 22.8 Å². The molecule has 0 radical (unpaired) electrons. The monoisotopic (exact) mass is 401 g/mol. The summed E-state index contributed by atoms with van der Waals surface area (Å²) >= 11 is 0. The average Bonchev–Trinajstić information content (AvgIpc) is 3.34. The number of rotatable bonds is 4. The normalized spacial score (nSPS) is 11.6. The SMILES string of the molecule is COc1ccc(-c2noc(-c3nnn(-c4ccccc4C(F)(F)F)c3C)n2)cc1. The summed E-state index contributed by atoms with van der Waals surface area (Å²) < 4.78 is 51.5. The molecule has 0 aliphatic heterocycles. The molecule has 2 aromatic heterocycles. The number of aromatic nitrogens is 5. The van der Waals surface area contributed by atoms with E-state index in [1.807, 2.05) is 0 Å². The van der Waals surface area contributed by atoms with Gasteiger partial charge in [0.25, 0.3) is 5.89 Å². The molecule has 10 heteroatoms. The lowest BCUT2D eigenvalue weighted by Gasteiger charge is -2.12. The highest BCUT2D eigenvalue weighted by Crippen LogP contribution is 2.34. The summed E-state index contributed by atoms with van der Waals surface area (Å²) in [6.45, 7) is 1.58. The zero-order valence-corrected chi connectivity index (χ0v) is 15.3. The zero-order valence-electron chi connectivity index (χ0n) is 15.3. The van der Waals surface area contributed by atoms with E-state index in [1.54, 1.807) is 38.3 Å². The van der Waals surface area contributed by atoms with Crippen molar-refractivity contribution in [2.24, 2.45) is 0 Å². The van der Waals surface area contributed by atoms with Crippen molar-refractivity contribution in [2.45, 2.75) is 13.1 Å². The number of benzene rings is 2. The fourth-order valence-electron chi connectivity index (χ4n) is 2.83. The van der Waals surface area contributed by atoms with E-state index in [-0.39, 0.29) is 17.3 Å². The fraction of sp³-hybridized carbons (Fsp3) is 0.158. The zero-order chi connectivity index (χ0) is 20.6. The second-order valence-electron chi connectivity index (χ2n) is 6.10. The number of methoxy groups -OCH3 is 1. The van der Waals surface area contributed by atoms with E-state index >= 15 is 0 Å². The van der Waals surface area contributed by atoms with Crippen LogP contribution < -0.4 is 4.74 Å². The summed E-state index contributed by atoms with van der Waals surface area (Å²) in [5.74, 6) is 1.05. The smallest absolute Gasteiger partial charge is 0.418 e. The van der Waals surface area contributed by atoms with E-state index in [2.05, 4.69) is 20.5 Å². The highest BCUT2D eigenvalue weighted by molar-refractivity contribution is 5.60. The molecule has 0 atom stereocenters.